The molecule has 0 saturated carbocycles. The molecule has 3 heterocycles. The van der Waals surface area contributed by atoms with Gasteiger partial charge in [0.05, 0.1) is 21.3 Å². The number of hydrogen-bond donors (Lipinski definition) is 1. The van der Waals surface area contributed by atoms with Gasteiger partial charge in [0.1, 0.15) is 11.9 Å². The number of H-pyrrole nitrogens is 1. The maximum absolute atomic E-state index is 6.32. The molecule has 1 unspecified atom stereocenters. The summed E-state index contributed by atoms with van der Waals surface area (Å²) >= 11 is 12.6. The molecule has 6 rings (SSSR count). The van der Waals surface area contributed by atoms with Crippen molar-refractivity contribution < 1.29 is 4.74 Å². The van der Waals surface area contributed by atoms with Crippen molar-refractivity contribution in [2.75, 3.05) is 6.54 Å². The Morgan fingerprint density at radius 2 is 1.74 bits per heavy atom. The second-order valence-electron chi connectivity index (χ2n) is 9.90. The van der Waals surface area contributed by atoms with Gasteiger partial charge in [0.2, 0.25) is 0 Å². The van der Waals surface area contributed by atoms with E-state index in [4.69, 9.17) is 27.9 Å². The van der Waals surface area contributed by atoms with Crippen LogP contribution >= 0.6 is 23.2 Å². The highest BCUT2D eigenvalue weighted by atomic mass is 35.5. The van der Waals surface area contributed by atoms with Gasteiger partial charge < -0.3 is 4.74 Å². The van der Waals surface area contributed by atoms with Crippen LogP contribution in [0, 0.1) is 0 Å². The zero-order valence-corrected chi connectivity index (χ0v) is 23.1. The Bertz CT molecular complexity index is 1620. The predicted molar refractivity (Wildman–Crippen MR) is 159 cm³/mol. The van der Waals surface area contributed by atoms with Crippen LogP contribution in [0.2, 0.25) is 10.0 Å². The van der Waals surface area contributed by atoms with Crippen molar-refractivity contribution in [1.29, 1.82) is 0 Å². The number of aromatic amines is 1. The minimum Gasteiger partial charge on any atom is -0.486 e. The molecule has 0 radical (unpaired) electrons. The molecule has 1 atom stereocenters. The molecular weight excluding hydrogens is 527 g/mol. The fourth-order valence-electron chi connectivity index (χ4n) is 5.14. The van der Waals surface area contributed by atoms with Gasteiger partial charge in [-0.25, -0.2) is 0 Å². The Morgan fingerprint density at radius 3 is 2.54 bits per heavy atom. The van der Waals surface area contributed by atoms with E-state index in [1.165, 1.54) is 16.7 Å². The van der Waals surface area contributed by atoms with Gasteiger partial charge in [-0.1, -0.05) is 77.8 Å². The first-order valence-corrected chi connectivity index (χ1v) is 13.8. The van der Waals surface area contributed by atoms with Gasteiger partial charge in [-0.15, -0.1) is 0 Å². The van der Waals surface area contributed by atoms with Crippen LogP contribution in [0.25, 0.3) is 23.1 Å². The van der Waals surface area contributed by atoms with Gasteiger partial charge in [-0.3, -0.25) is 15.0 Å². The summed E-state index contributed by atoms with van der Waals surface area (Å²) in [5.74, 6) is 0.708. The molecule has 0 bridgehead atoms. The lowest BCUT2D eigenvalue weighted by molar-refractivity contribution is 0.227. The van der Waals surface area contributed by atoms with E-state index in [-0.39, 0.29) is 6.10 Å². The smallest absolute Gasteiger partial charge is 0.124 e. The second-order valence-corrected chi connectivity index (χ2v) is 10.7. The quantitative estimate of drug-likeness (QED) is 0.220. The topological polar surface area (TPSA) is 54.0 Å². The third-order valence-corrected chi connectivity index (χ3v) is 7.81. The van der Waals surface area contributed by atoms with Crippen molar-refractivity contribution in [2.24, 2.45) is 0 Å². The summed E-state index contributed by atoms with van der Waals surface area (Å²) in [7, 11) is 0. The molecular formula is C32H28Cl2N4O. The predicted octanol–water partition coefficient (Wildman–Crippen LogP) is 8.13. The van der Waals surface area contributed by atoms with E-state index in [2.05, 4.69) is 74.7 Å². The Balaban J connectivity index is 1.13. The van der Waals surface area contributed by atoms with Crippen molar-refractivity contribution in [3.8, 4) is 5.75 Å². The number of aromatic nitrogens is 3. The third-order valence-electron chi connectivity index (χ3n) is 7.20. The van der Waals surface area contributed by atoms with Gasteiger partial charge >= 0.3 is 0 Å². The van der Waals surface area contributed by atoms with Crippen molar-refractivity contribution in [3.63, 3.8) is 0 Å². The molecule has 5 aromatic rings. The average Bonchev–Trinajstić information content (AvgIpc) is 3.35. The van der Waals surface area contributed by atoms with E-state index in [1.54, 1.807) is 12.4 Å². The van der Waals surface area contributed by atoms with Crippen molar-refractivity contribution >= 4 is 46.3 Å². The molecule has 0 spiro atoms. The number of pyridine rings is 1. The average molecular weight is 556 g/mol. The maximum Gasteiger partial charge on any atom is 0.124 e. The number of benzene rings is 3. The van der Waals surface area contributed by atoms with Gasteiger partial charge in [0.15, 0.2) is 0 Å². The Hall–Kier alpha value is -3.64. The standard InChI is InChI=1S/C32H28Cl2N4O/c1-21(32-28(33)17-35-18-29(32)34)39-26-11-13-31-27(16-26)30(36-37-31)12-10-22-6-8-23(9-7-22)19-38-15-14-24-4-2-3-5-25(24)20-38/h2-13,16-18,21H,14-15,19-20H2,1H3,(H,36,37)/b12-10+. The lowest BCUT2D eigenvalue weighted by Crippen LogP contribution is -2.29. The number of hydrogen-bond acceptors (Lipinski definition) is 4. The molecule has 1 aliphatic heterocycles. The van der Waals surface area contributed by atoms with Crippen molar-refractivity contribution in [3.05, 3.63) is 123 Å². The van der Waals surface area contributed by atoms with Crippen molar-refractivity contribution in [2.45, 2.75) is 32.5 Å². The molecule has 3 aromatic carbocycles. The SMILES string of the molecule is CC(Oc1ccc2[nH]nc(/C=C/c3ccc(CN4CCc5ccccc5C4)cc3)c2c1)c1c(Cl)cncc1Cl. The van der Waals surface area contributed by atoms with E-state index in [9.17, 15) is 0 Å². The maximum atomic E-state index is 6.32. The van der Waals surface area contributed by atoms with E-state index in [1.807, 2.05) is 31.2 Å². The fourth-order valence-corrected chi connectivity index (χ4v) is 5.82. The van der Waals surface area contributed by atoms with Crippen LogP contribution in [0.4, 0.5) is 0 Å². The molecule has 2 aromatic heterocycles. The molecule has 7 heteroatoms. The Labute approximate surface area is 238 Å². The summed E-state index contributed by atoms with van der Waals surface area (Å²) in [4.78, 5) is 6.54. The minimum atomic E-state index is -0.338. The summed E-state index contributed by atoms with van der Waals surface area (Å²) in [6.07, 6.45) is 8.04. The molecule has 0 fully saturated rings. The van der Waals surface area contributed by atoms with Crippen LogP contribution in [-0.4, -0.2) is 26.6 Å². The largest absolute Gasteiger partial charge is 0.486 e. The summed E-state index contributed by atoms with van der Waals surface area (Å²) in [6.45, 7) is 4.98. The van der Waals surface area contributed by atoms with Crippen LogP contribution in [0.3, 0.4) is 0 Å². The summed E-state index contributed by atoms with van der Waals surface area (Å²) < 4.78 is 6.19. The summed E-state index contributed by atoms with van der Waals surface area (Å²) in [5, 5.41) is 9.55. The molecule has 1 aliphatic rings. The van der Waals surface area contributed by atoms with Crippen LogP contribution < -0.4 is 4.74 Å². The van der Waals surface area contributed by atoms with Crippen LogP contribution in [0.1, 0.15) is 46.5 Å². The normalized spacial score (nSPS) is 14.5. The molecule has 0 aliphatic carbocycles. The summed E-state index contributed by atoms with van der Waals surface area (Å²) in [5.41, 5.74) is 7.88. The number of nitrogens with zero attached hydrogens (tertiary/aromatic N) is 3. The molecule has 39 heavy (non-hydrogen) atoms. The molecule has 0 amide bonds. The van der Waals surface area contributed by atoms with Gasteiger partial charge in [-0.05, 0) is 59.9 Å². The Kier molecular flexibility index (Phi) is 7.38. The first-order chi connectivity index (χ1) is 19.0. The Morgan fingerprint density at radius 1 is 0.974 bits per heavy atom. The zero-order valence-electron chi connectivity index (χ0n) is 21.6. The third kappa shape index (κ3) is 5.71. The van der Waals surface area contributed by atoms with E-state index >= 15 is 0 Å². The minimum absolute atomic E-state index is 0.338. The van der Waals surface area contributed by atoms with Crippen molar-refractivity contribution in [1.82, 2.24) is 20.1 Å². The zero-order chi connectivity index (χ0) is 26.8. The number of ether oxygens (including phenoxy) is 1. The molecule has 0 saturated heterocycles. The first kappa shape index (κ1) is 25.6. The second kappa shape index (κ2) is 11.2. The lowest BCUT2D eigenvalue weighted by Gasteiger charge is -2.28. The monoisotopic (exact) mass is 554 g/mol. The molecule has 5 nitrogen and oxygen atoms in total. The number of rotatable bonds is 7. The first-order valence-electron chi connectivity index (χ1n) is 13.0. The lowest BCUT2D eigenvalue weighted by atomic mass is 9.99. The highest BCUT2D eigenvalue weighted by Crippen LogP contribution is 2.33. The highest BCUT2D eigenvalue weighted by Gasteiger charge is 2.17. The van der Waals surface area contributed by atoms with Crippen LogP contribution in [0.15, 0.2) is 79.1 Å². The number of fused-ring (bicyclic) bond motifs is 2. The number of nitrogens with one attached hydrogen (secondary N) is 1. The van der Waals surface area contributed by atoms with E-state index < -0.39 is 0 Å². The fraction of sp³-hybridized carbons (Fsp3) is 0.188. The molecule has 196 valence electrons. The van der Waals surface area contributed by atoms with E-state index in [0.29, 0.717) is 21.4 Å². The highest BCUT2D eigenvalue weighted by molar-refractivity contribution is 6.35. The number of halogens is 2. The molecule has 1 N–H and O–H groups in total. The van der Waals surface area contributed by atoms with Gasteiger partial charge in [-0.2, -0.15) is 5.10 Å². The van der Waals surface area contributed by atoms with Gasteiger partial charge in [0, 0.05) is 43.0 Å². The van der Waals surface area contributed by atoms with Gasteiger partial charge in [0.25, 0.3) is 0 Å². The van der Waals surface area contributed by atoms with Crippen LogP contribution in [-0.2, 0) is 19.5 Å². The van der Waals surface area contributed by atoms with Crippen LogP contribution in [0.5, 0.6) is 5.75 Å². The summed E-state index contributed by atoms with van der Waals surface area (Å²) in [6, 6.07) is 23.4. The van der Waals surface area contributed by atoms with E-state index in [0.717, 1.165) is 48.2 Å².